The third kappa shape index (κ3) is 6.77. The standard InChI is InChI=1S/C31H44N2O10/c1-18-6-8-22-19(2)28(40-29-31(22)21(18)12-14-30(3,41-29)42-43-31)39-27(38)11-10-26(37)32-15-4-5-25(36)33-16-13-20-7-9-23(34)24(35)17-20/h7,9,17-19,21-22,28-29,34-35H,4-6,8,10-16H2,1-3H3,(H,32,37)(H,33,36)/t18-,19-,21+,22-,28-,29+,30+,31-/m1/s1. The summed E-state index contributed by atoms with van der Waals surface area (Å²) in [7, 11) is 0. The molecule has 43 heavy (non-hydrogen) atoms. The van der Waals surface area contributed by atoms with Crippen LogP contribution in [0.5, 0.6) is 11.5 Å². The molecule has 0 radical (unpaired) electrons. The average molecular weight is 605 g/mol. The van der Waals surface area contributed by atoms with Crippen LogP contribution in [0, 0.1) is 23.7 Å². The van der Waals surface area contributed by atoms with Gasteiger partial charge < -0.3 is 35.1 Å². The lowest BCUT2D eigenvalue weighted by Crippen LogP contribution is -2.70. The summed E-state index contributed by atoms with van der Waals surface area (Å²) < 4.78 is 18.3. The average Bonchev–Trinajstić information content (AvgIpc) is 3.20. The monoisotopic (exact) mass is 604 g/mol. The van der Waals surface area contributed by atoms with Crippen molar-refractivity contribution in [3.05, 3.63) is 23.8 Å². The first-order valence-corrected chi connectivity index (χ1v) is 15.4. The molecule has 1 spiro atoms. The number of carbonyl (C=O) groups excluding carboxylic acids is 3. The number of fused-ring (bicyclic) bond motifs is 2. The number of benzene rings is 1. The van der Waals surface area contributed by atoms with Gasteiger partial charge in [0.2, 0.25) is 23.9 Å². The molecular weight excluding hydrogens is 560 g/mol. The molecule has 1 saturated carbocycles. The Morgan fingerprint density at radius 2 is 1.72 bits per heavy atom. The number of hydrogen-bond acceptors (Lipinski definition) is 10. The van der Waals surface area contributed by atoms with E-state index in [0.29, 0.717) is 38.3 Å². The van der Waals surface area contributed by atoms with E-state index in [-0.39, 0.29) is 60.3 Å². The molecule has 5 aliphatic rings. The van der Waals surface area contributed by atoms with Gasteiger partial charge in [-0.05, 0) is 68.6 Å². The molecule has 4 heterocycles. The lowest BCUT2D eigenvalue weighted by molar-refractivity contribution is -0.576. The van der Waals surface area contributed by atoms with Crippen molar-refractivity contribution in [1.29, 1.82) is 0 Å². The molecule has 4 aliphatic heterocycles. The fourth-order valence-electron chi connectivity index (χ4n) is 7.14. The number of amides is 2. The molecule has 12 nitrogen and oxygen atoms in total. The van der Waals surface area contributed by atoms with Crippen molar-refractivity contribution in [2.45, 2.75) is 103 Å². The Morgan fingerprint density at radius 1 is 0.953 bits per heavy atom. The molecule has 2 bridgehead atoms. The van der Waals surface area contributed by atoms with E-state index in [9.17, 15) is 24.6 Å². The van der Waals surface area contributed by atoms with Crippen molar-refractivity contribution in [3.63, 3.8) is 0 Å². The van der Waals surface area contributed by atoms with E-state index in [0.717, 1.165) is 24.8 Å². The van der Waals surface area contributed by atoms with Gasteiger partial charge in [-0.15, -0.1) is 0 Å². The zero-order valence-electron chi connectivity index (χ0n) is 25.1. The van der Waals surface area contributed by atoms with Crippen LogP contribution in [0.4, 0.5) is 0 Å². The number of phenolic OH excluding ortho intramolecular Hbond substituents is 2. The van der Waals surface area contributed by atoms with Gasteiger partial charge in [-0.1, -0.05) is 19.9 Å². The first-order chi connectivity index (χ1) is 20.5. The summed E-state index contributed by atoms with van der Waals surface area (Å²) in [4.78, 5) is 49.0. The molecule has 4 saturated heterocycles. The molecule has 238 valence electrons. The SMILES string of the molecule is C[C@H]1[C@H](OC(=O)CCC(=O)NCCCC(=O)NCCc2ccc(O)c(O)c2)O[C@H]2O[C@]3(C)CC[C@H]4[C@H](C)CC[C@H]1[C@@]24OO3. The van der Waals surface area contributed by atoms with Crippen molar-refractivity contribution in [2.24, 2.45) is 23.7 Å². The van der Waals surface area contributed by atoms with Crippen LogP contribution in [0.3, 0.4) is 0 Å². The highest BCUT2D eigenvalue weighted by Crippen LogP contribution is 2.60. The van der Waals surface area contributed by atoms with Gasteiger partial charge in [-0.3, -0.25) is 14.4 Å². The van der Waals surface area contributed by atoms with Crippen molar-refractivity contribution in [3.8, 4) is 11.5 Å². The van der Waals surface area contributed by atoms with Crippen molar-refractivity contribution in [1.82, 2.24) is 10.6 Å². The summed E-state index contributed by atoms with van der Waals surface area (Å²) >= 11 is 0. The summed E-state index contributed by atoms with van der Waals surface area (Å²) in [6, 6.07) is 4.53. The lowest BCUT2D eigenvalue weighted by atomic mass is 9.58. The minimum Gasteiger partial charge on any atom is -0.504 e. The van der Waals surface area contributed by atoms with E-state index >= 15 is 0 Å². The molecule has 0 unspecified atom stereocenters. The van der Waals surface area contributed by atoms with Crippen molar-refractivity contribution < 1.29 is 48.6 Å². The number of nitrogens with one attached hydrogen (secondary N) is 2. The predicted octanol–water partition coefficient (Wildman–Crippen LogP) is 3.18. The van der Waals surface area contributed by atoms with Gasteiger partial charge >= 0.3 is 5.97 Å². The highest BCUT2D eigenvalue weighted by Gasteiger charge is 2.69. The number of phenols is 2. The smallest absolute Gasteiger partial charge is 0.308 e. The zero-order chi connectivity index (χ0) is 30.8. The second kappa shape index (κ2) is 13.0. The maximum Gasteiger partial charge on any atom is 0.308 e. The van der Waals surface area contributed by atoms with E-state index < -0.39 is 29.9 Å². The topological polar surface area (TPSA) is 162 Å². The third-order valence-electron chi connectivity index (χ3n) is 9.58. The lowest BCUT2D eigenvalue weighted by Gasteiger charge is -2.59. The molecule has 8 atom stereocenters. The molecule has 1 aliphatic carbocycles. The molecule has 5 fully saturated rings. The van der Waals surface area contributed by atoms with Gasteiger partial charge in [0.15, 0.2) is 23.4 Å². The molecule has 2 amide bonds. The second-order valence-electron chi connectivity index (χ2n) is 12.6. The van der Waals surface area contributed by atoms with Crippen molar-refractivity contribution >= 4 is 17.8 Å². The van der Waals surface area contributed by atoms with Crippen LogP contribution in [0.1, 0.15) is 77.7 Å². The Labute approximate surface area is 251 Å². The maximum atomic E-state index is 12.7. The highest BCUT2D eigenvalue weighted by atomic mass is 17.3. The van der Waals surface area contributed by atoms with Gasteiger partial charge in [0.1, 0.15) is 0 Å². The third-order valence-corrected chi connectivity index (χ3v) is 9.58. The Hall–Kier alpha value is -2.93. The maximum absolute atomic E-state index is 12.7. The summed E-state index contributed by atoms with van der Waals surface area (Å²) in [5.41, 5.74) is 0.0543. The number of aromatic hydroxyl groups is 2. The Bertz CT molecular complexity index is 1200. The van der Waals surface area contributed by atoms with Gasteiger partial charge in [-0.25, -0.2) is 9.78 Å². The van der Waals surface area contributed by atoms with Crippen LogP contribution in [-0.2, 0) is 44.8 Å². The Balaban J connectivity index is 1.01. The van der Waals surface area contributed by atoms with E-state index in [1.54, 1.807) is 6.07 Å². The number of hydrogen-bond donors (Lipinski definition) is 4. The van der Waals surface area contributed by atoms with Crippen LogP contribution >= 0.6 is 0 Å². The first kappa shape index (κ1) is 31.5. The molecule has 4 N–H and O–H groups in total. The first-order valence-electron chi connectivity index (χ1n) is 15.4. The summed E-state index contributed by atoms with van der Waals surface area (Å²) in [6.45, 7) is 6.78. The number of ether oxygens (including phenoxy) is 3. The van der Waals surface area contributed by atoms with Crippen LogP contribution in [0.15, 0.2) is 18.2 Å². The number of carbonyl (C=O) groups is 3. The molecule has 12 heteroatoms. The fourth-order valence-corrected chi connectivity index (χ4v) is 7.14. The Kier molecular flexibility index (Phi) is 9.50. The second-order valence-corrected chi connectivity index (χ2v) is 12.6. The summed E-state index contributed by atoms with van der Waals surface area (Å²) in [5.74, 6) is -1.73. The largest absolute Gasteiger partial charge is 0.504 e. The van der Waals surface area contributed by atoms with Gasteiger partial charge in [0.25, 0.3) is 0 Å². The zero-order valence-corrected chi connectivity index (χ0v) is 25.1. The van der Waals surface area contributed by atoms with E-state index in [1.165, 1.54) is 12.1 Å². The summed E-state index contributed by atoms with van der Waals surface area (Å²) in [5, 5.41) is 24.4. The Morgan fingerprint density at radius 3 is 2.51 bits per heavy atom. The van der Waals surface area contributed by atoms with Gasteiger partial charge in [-0.2, -0.15) is 0 Å². The van der Waals surface area contributed by atoms with Gasteiger partial charge in [0.05, 0.1) is 6.42 Å². The molecule has 1 aromatic rings. The van der Waals surface area contributed by atoms with Crippen LogP contribution in [-0.4, -0.2) is 65.1 Å². The summed E-state index contributed by atoms with van der Waals surface area (Å²) in [6.07, 6.45) is 3.09. The number of esters is 1. The van der Waals surface area contributed by atoms with Crippen LogP contribution < -0.4 is 10.6 Å². The normalized spacial score (nSPS) is 34.5. The van der Waals surface area contributed by atoms with E-state index in [2.05, 4.69) is 17.6 Å². The molecule has 6 rings (SSSR count). The minimum atomic E-state index is -0.913. The fraction of sp³-hybridized carbons (Fsp3) is 0.710. The van der Waals surface area contributed by atoms with E-state index in [1.807, 2.05) is 13.8 Å². The molecule has 0 aromatic heterocycles. The quantitative estimate of drug-likeness (QED) is 0.128. The van der Waals surface area contributed by atoms with Crippen LogP contribution in [0.2, 0.25) is 0 Å². The van der Waals surface area contributed by atoms with E-state index in [4.69, 9.17) is 24.0 Å². The van der Waals surface area contributed by atoms with Gasteiger partial charge in [0, 0.05) is 44.2 Å². The predicted molar refractivity (Wildman–Crippen MR) is 151 cm³/mol. The van der Waals surface area contributed by atoms with Crippen LogP contribution in [0.25, 0.3) is 0 Å². The number of rotatable bonds is 11. The molecular formula is C31H44N2O10. The molecule has 1 aromatic carbocycles. The minimum absolute atomic E-state index is 0.0342. The van der Waals surface area contributed by atoms with Crippen molar-refractivity contribution in [2.75, 3.05) is 13.1 Å². The highest BCUT2D eigenvalue weighted by molar-refractivity contribution is 5.81.